The molecule has 1 rings (SSSR count). The molecule has 106 valence electrons. The molecule has 5 heteroatoms. The van der Waals surface area contributed by atoms with Crippen molar-refractivity contribution >= 4 is 5.91 Å². The predicted octanol–water partition coefficient (Wildman–Crippen LogP) is 0.0305. The van der Waals surface area contributed by atoms with Gasteiger partial charge < -0.3 is 15.7 Å². The minimum Gasteiger partial charge on any atom is -0.389 e. The summed E-state index contributed by atoms with van der Waals surface area (Å²) < 4.78 is 0. The van der Waals surface area contributed by atoms with Crippen LogP contribution in [-0.2, 0) is 4.79 Å². The molecule has 0 aromatic rings. The van der Waals surface area contributed by atoms with Crippen LogP contribution in [0.2, 0.25) is 0 Å². The Hall–Kier alpha value is -0.650. The topological polar surface area (TPSA) is 69.8 Å². The van der Waals surface area contributed by atoms with Gasteiger partial charge in [-0.25, -0.2) is 0 Å². The second-order valence-corrected chi connectivity index (χ2v) is 5.72. The normalized spacial score (nSPS) is 18.1. The fourth-order valence-corrected chi connectivity index (χ4v) is 2.28. The Kier molecular flexibility index (Phi) is 6.05. The van der Waals surface area contributed by atoms with E-state index in [1.54, 1.807) is 0 Å². The van der Waals surface area contributed by atoms with Crippen LogP contribution in [0.15, 0.2) is 0 Å². The van der Waals surface area contributed by atoms with Gasteiger partial charge in [0.1, 0.15) is 0 Å². The van der Waals surface area contributed by atoms with Crippen molar-refractivity contribution in [2.45, 2.75) is 38.7 Å². The average Bonchev–Trinajstić information content (AvgIpc) is 2.28. The van der Waals surface area contributed by atoms with Gasteiger partial charge in [0, 0.05) is 39.1 Å². The van der Waals surface area contributed by atoms with Crippen LogP contribution in [0.5, 0.6) is 0 Å². The number of nitrogens with two attached hydrogens (primary N) is 1. The van der Waals surface area contributed by atoms with Crippen LogP contribution in [-0.4, -0.2) is 65.7 Å². The van der Waals surface area contributed by atoms with E-state index in [4.69, 9.17) is 5.73 Å². The molecule has 3 N–H and O–H groups in total. The summed E-state index contributed by atoms with van der Waals surface area (Å²) in [6.07, 6.45) is 2.42. The molecule has 0 saturated carbocycles. The van der Waals surface area contributed by atoms with E-state index >= 15 is 0 Å². The molecule has 1 aliphatic rings. The molecule has 1 heterocycles. The van der Waals surface area contributed by atoms with Gasteiger partial charge in [-0.3, -0.25) is 9.69 Å². The van der Waals surface area contributed by atoms with Crippen LogP contribution in [0.4, 0.5) is 0 Å². The lowest BCUT2D eigenvalue weighted by atomic mass is 10.1. The highest BCUT2D eigenvalue weighted by molar-refractivity contribution is 5.76. The zero-order valence-corrected chi connectivity index (χ0v) is 11.7. The quantitative estimate of drug-likeness (QED) is 0.659. The van der Waals surface area contributed by atoms with Gasteiger partial charge in [-0.2, -0.15) is 0 Å². The summed E-state index contributed by atoms with van der Waals surface area (Å²) >= 11 is 0. The summed E-state index contributed by atoms with van der Waals surface area (Å²) in [5, 5.41) is 9.75. The van der Waals surface area contributed by atoms with Crippen LogP contribution in [0.1, 0.15) is 33.1 Å². The third kappa shape index (κ3) is 5.80. The molecule has 18 heavy (non-hydrogen) atoms. The number of rotatable bonds is 6. The lowest BCUT2D eigenvalue weighted by Crippen LogP contribution is -2.51. The standard InChI is InChI=1S/C13H27N3O2/c1-13(2,18)11-15-7-9-16(10-8-15)12(17)5-3-4-6-14/h18H,3-11,14H2,1-2H3. The molecule has 0 aliphatic carbocycles. The number of β-amino-alcohol motifs (C(OH)–C–C–N with tert-alkyl or cyclic N) is 1. The average molecular weight is 257 g/mol. The summed E-state index contributed by atoms with van der Waals surface area (Å²) in [6.45, 7) is 8.22. The van der Waals surface area contributed by atoms with Crippen molar-refractivity contribution in [3.63, 3.8) is 0 Å². The maximum atomic E-state index is 11.9. The molecule has 1 aliphatic heterocycles. The molecule has 0 bridgehead atoms. The number of aliphatic hydroxyl groups is 1. The summed E-state index contributed by atoms with van der Waals surface area (Å²) in [6, 6.07) is 0. The predicted molar refractivity (Wildman–Crippen MR) is 72.2 cm³/mol. The Morgan fingerprint density at radius 1 is 1.22 bits per heavy atom. The molecule has 5 nitrogen and oxygen atoms in total. The third-order valence-electron chi connectivity index (χ3n) is 3.18. The smallest absolute Gasteiger partial charge is 0.222 e. The number of carbonyl (C=O) groups is 1. The van der Waals surface area contributed by atoms with Crippen molar-refractivity contribution in [1.82, 2.24) is 9.80 Å². The van der Waals surface area contributed by atoms with E-state index in [1.807, 2.05) is 18.7 Å². The monoisotopic (exact) mass is 257 g/mol. The second kappa shape index (κ2) is 7.07. The Balaban J connectivity index is 2.24. The SMILES string of the molecule is CC(C)(O)CN1CCN(C(=O)CCCCN)CC1. The first kappa shape index (κ1) is 15.4. The van der Waals surface area contributed by atoms with Gasteiger partial charge in [0.05, 0.1) is 5.60 Å². The van der Waals surface area contributed by atoms with E-state index in [2.05, 4.69) is 4.90 Å². The highest BCUT2D eigenvalue weighted by Gasteiger charge is 2.24. The highest BCUT2D eigenvalue weighted by atomic mass is 16.3. The van der Waals surface area contributed by atoms with E-state index in [-0.39, 0.29) is 5.91 Å². The number of piperazine rings is 1. The van der Waals surface area contributed by atoms with Crippen molar-refractivity contribution in [2.24, 2.45) is 5.73 Å². The molecule has 0 spiro atoms. The van der Waals surface area contributed by atoms with Crippen LogP contribution in [0.3, 0.4) is 0 Å². The van der Waals surface area contributed by atoms with Gasteiger partial charge in [0.25, 0.3) is 0 Å². The molecule has 1 saturated heterocycles. The first-order valence-electron chi connectivity index (χ1n) is 6.85. The number of amides is 1. The van der Waals surface area contributed by atoms with Crippen LogP contribution in [0.25, 0.3) is 0 Å². The van der Waals surface area contributed by atoms with Crippen LogP contribution < -0.4 is 5.73 Å². The van der Waals surface area contributed by atoms with Gasteiger partial charge in [-0.05, 0) is 33.2 Å². The Labute approximate surface area is 110 Å². The third-order valence-corrected chi connectivity index (χ3v) is 3.18. The lowest BCUT2D eigenvalue weighted by molar-refractivity contribution is -0.133. The van der Waals surface area contributed by atoms with E-state index in [0.717, 1.165) is 39.0 Å². The number of nitrogens with zero attached hydrogens (tertiary/aromatic N) is 2. The Bertz CT molecular complexity index is 255. The molecule has 0 unspecified atom stereocenters. The van der Waals surface area contributed by atoms with Crippen molar-refractivity contribution < 1.29 is 9.90 Å². The second-order valence-electron chi connectivity index (χ2n) is 5.72. The van der Waals surface area contributed by atoms with Crippen molar-refractivity contribution in [2.75, 3.05) is 39.3 Å². The van der Waals surface area contributed by atoms with Gasteiger partial charge in [0.2, 0.25) is 5.91 Å². The molecule has 1 fully saturated rings. The number of carbonyl (C=O) groups excluding carboxylic acids is 1. The minimum atomic E-state index is -0.659. The zero-order chi connectivity index (χ0) is 13.6. The van der Waals surface area contributed by atoms with Crippen LogP contribution >= 0.6 is 0 Å². The zero-order valence-electron chi connectivity index (χ0n) is 11.7. The fraction of sp³-hybridized carbons (Fsp3) is 0.923. The minimum absolute atomic E-state index is 0.242. The molecule has 0 radical (unpaired) electrons. The van der Waals surface area contributed by atoms with E-state index in [1.165, 1.54) is 0 Å². The number of hydrogen-bond acceptors (Lipinski definition) is 4. The molecular weight excluding hydrogens is 230 g/mol. The molecule has 1 amide bonds. The van der Waals surface area contributed by atoms with Crippen molar-refractivity contribution in [3.8, 4) is 0 Å². The number of hydrogen-bond donors (Lipinski definition) is 2. The summed E-state index contributed by atoms with van der Waals surface area (Å²) in [5.41, 5.74) is 4.76. The van der Waals surface area contributed by atoms with Crippen molar-refractivity contribution in [3.05, 3.63) is 0 Å². The lowest BCUT2D eigenvalue weighted by Gasteiger charge is -2.37. The maximum Gasteiger partial charge on any atom is 0.222 e. The first-order chi connectivity index (χ1) is 8.42. The summed E-state index contributed by atoms with van der Waals surface area (Å²) in [7, 11) is 0. The van der Waals surface area contributed by atoms with Gasteiger partial charge >= 0.3 is 0 Å². The molecule has 0 atom stereocenters. The van der Waals surface area contributed by atoms with E-state index in [9.17, 15) is 9.90 Å². The largest absolute Gasteiger partial charge is 0.389 e. The summed E-state index contributed by atoms with van der Waals surface area (Å²) in [5.74, 6) is 0.242. The molecule has 0 aromatic carbocycles. The van der Waals surface area contributed by atoms with Gasteiger partial charge in [-0.15, -0.1) is 0 Å². The van der Waals surface area contributed by atoms with Gasteiger partial charge in [-0.1, -0.05) is 0 Å². The van der Waals surface area contributed by atoms with Gasteiger partial charge in [0.15, 0.2) is 0 Å². The Morgan fingerprint density at radius 3 is 2.33 bits per heavy atom. The summed E-state index contributed by atoms with van der Waals surface area (Å²) in [4.78, 5) is 16.0. The first-order valence-corrected chi connectivity index (χ1v) is 6.85. The van der Waals surface area contributed by atoms with Crippen molar-refractivity contribution in [1.29, 1.82) is 0 Å². The molecular formula is C13H27N3O2. The maximum absolute atomic E-state index is 11.9. The Morgan fingerprint density at radius 2 is 1.83 bits per heavy atom. The van der Waals surface area contributed by atoms with E-state index < -0.39 is 5.60 Å². The highest BCUT2D eigenvalue weighted by Crippen LogP contribution is 2.10. The fourth-order valence-electron chi connectivity index (χ4n) is 2.28. The number of unbranched alkanes of at least 4 members (excludes halogenated alkanes) is 1. The van der Waals surface area contributed by atoms with E-state index in [0.29, 0.717) is 19.5 Å². The molecule has 0 aromatic heterocycles. The van der Waals surface area contributed by atoms with Crippen LogP contribution in [0, 0.1) is 0 Å².